The lowest BCUT2D eigenvalue weighted by atomic mass is 9.66. The molecule has 1 saturated carbocycles. The molecule has 0 N–H and O–H groups in total. The zero-order valence-corrected chi connectivity index (χ0v) is 7.41. The normalized spacial score (nSPS) is 52.8. The average molecular weight is 169 g/mol. The van der Waals surface area contributed by atoms with Crippen molar-refractivity contribution >= 4 is 6.75 Å². The van der Waals surface area contributed by atoms with Crippen LogP contribution in [0.25, 0.3) is 0 Å². The first-order valence-corrected chi connectivity index (χ1v) is 4.78. The number of rotatable bonds is 1. The molecular formula is C8H14BO3-. The first-order chi connectivity index (χ1) is 5.73. The van der Waals surface area contributed by atoms with E-state index in [1.165, 1.54) is 12.8 Å². The van der Waals surface area contributed by atoms with E-state index >= 15 is 0 Å². The van der Waals surface area contributed by atoms with Gasteiger partial charge in [0.2, 0.25) is 0 Å². The van der Waals surface area contributed by atoms with Gasteiger partial charge in [-0.05, 0) is 0 Å². The van der Waals surface area contributed by atoms with Gasteiger partial charge in [0.15, 0.2) is 0 Å². The van der Waals surface area contributed by atoms with Gasteiger partial charge >= 0.3 is 6.75 Å². The highest BCUT2D eigenvalue weighted by atomic mass is 16.8. The third-order valence-electron chi connectivity index (χ3n) is 3.19. The van der Waals surface area contributed by atoms with Crippen molar-refractivity contribution in [2.45, 2.75) is 25.6 Å². The molecule has 0 unspecified atom stereocenters. The summed E-state index contributed by atoms with van der Waals surface area (Å²) in [4.78, 5) is 0. The number of fused-ring (bicyclic) bond motifs is 3. The van der Waals surface area contributed by atoms with Gasteiger partial charge in [0, 0.05) is 25.2 Å². The van der Waals surface area contributed by atoms with Gasteiger partial charge in [0.25, 0.3) is 0 Å². The first-order valence-electron chi connectivity index (χ1n) is 4.78. The summed E-state index contributed by atoms with van der Waals surface area (Å²) in [6.45, 7) is 3.33. The van der Waals surface area contributed by atoms with E-state index in [9.17, 15) is 0 Å². The van der Waals surface area contributed by atoms with Gasteiger partial charge < -0.3 is 14.0 Å². The molecule has 4 aliphatic rings. The van der Waals surface area contributed by atoms with Crippen molar-refractivity contribution in [3.63, 3.8) is 0 Å². The minimum Gasteiger partial charge on any atom is -0.544 e. The summed E-state index contributed by atoms with van der Waals surface area (Å²) >= 11 is 0. The second kappa shape index (κ2) is 2.06. The molecular weight excluding hydrogens is 155 g/mol. The van der Waals surface area contributed by atoms with Crippen LogP contribution in [0.5, 0.6) is 0 Å². The Balaban J connectivity index is 1.83. The molecule has 4 heteroatoms. The summed E-state index contributed by atoms with van der Waals surface area (Å²) in [7, 11) is 0. The van der Waals surface area contributed by atoms with E-state index in [2.05, 4.69) is 6.92 Å². The van der Waals surface area contributed by atoms with Crippen molar-refractivity contribution < 1.29 is 14.0 Å². The fraction of sp³-hybridized carbons (Fsp3) is 1.00. The Kier molecular flexibility index (Phi) is 1.26. The van der Waals surface area contributed by atoms with Crippen LogP contribution in [-0.2, 0) is 14.0 Å². The molecule has 0 radical (unpaired) electrons. The zero-order chi connectivity index (χ0) is 8.23. The molecule has 0 atom stereocenters. The van der Waals surface area contributed by atoms with Crippen molar-refractivity contribution in [1.29, 1.82) is 0 Å². The molecule has 0 aromatic carbocycles. The predicted octanol–water partition coefficient (Wildman–Crippen LogP) is 1.17. The summed E-state index contributed by atoms with van der Waals surface area (Å²) in [5, 5.41) is 0. The van der Waals surface area contributed by atoms with Crippen molar-refractivity contribution in [2.75, 3.05) is 19.8 Å². The van der Waals surface area contributed by atoms with Gasteiger partial charge in [-0.1, -0.05) is 25.6 Å². The van der Waals surface area contributed by atoms with Crippen LogP contribution in [0.3, 0.4) is 0 Å². The van der Waals surface area contributed by atoms with Crippen LogP contribution in [0.1, 0.15) is 19.8 Å². The SMILES string of the molecule is CC12CO[B-](C3CC3)(OC1)OC2. The summed E-state index contributed by atoms with van der Waals surface area (Å²) < 4.78 is 17.1. The summed E-state index contributed by atoms with van der Waals surface area (Å²) in [5.74, 6) is 0.565. The van der Waals surface area contributed by atoms with Gasteiger partial charge in [-0.3, -0.25) is 0 Å². The molecule has 0 aromatic rings. The molecule has 68 valence electrons. The third-order valence-corrected chi connectivity index (χ3v) is 3.19. The lowest BCUT2D eigenvalue weighted by Crippen LogP contribution is -2.63. The molecule has 3 nitrogen and oxygen atoms in total. The van der Waals surface area contributed by atoms with Crippen LogP contribution >= 0.6 is 0 Å². The van der Waals surface area contributed by atoms with Crippen LogP contribution in [0.2, 0.25) is 5.82 Å². The maximum Gasteiger partial charge on any atom is 0.382 e. The van der Waals surface area contributed by atoms with Crippen LogP contribution in [0.4, 0.5) is 0 Å². The molecule has 2 bridgehead atoms. The highest BCUT2D eigenvalue weighted by molar-refractivity contribution is 6.63. The highest BCUT2D eigenvalue weighted by Crippen LogP contribution is 2.51. The lowest BCUT2D eigenvalue weighted by molar-refractivity contribution is -0.128. The molecule has 4 fully saturated rings. The van der Waals surface area contributed by atoms with Crippen LogP contribution in [0, 0.1) is 5.41 Å². The van der Waals surface area contributed by atoms with Gasteiger partial charge in [-0.25, -0.2) is 0 Å². The van der Waals surface area contributed by atoms with Crippen LogP contribution in [0.15, 0.2) is 0 Å². The fourth-order valence-electron chi connectivity index (χ4n) is 2.13. The lowest BCUT2D eigenvalue weighted by Gasteiger charge is -2.58. The molecule has 3 heterocycles. The number of hydrogen-bond donors (Lipinski definition) is 0. The first kappa shape index (κ1) is 7.36. The minimum atomic E-state index is -1.29. The number of hydrogen-bond acceptors (Lipinski definition) is 3. The maximum atomic E-state index is 5.71. The fourth-order valence-corrected chi connectivity index (χ4v) is 2.13. The molecule has 0 aromatic heterocycles. The van der Waals surface area contributed by atoms with Gasteiger partial charge in [0.05, 0.1) is 0 Å². The van der Waals surface area contributed by atoms with Gasteiger partial charge in [-0.2, -0.15) is 0 Å². The van der Waals surface area contributed by atoms with Gasteiger partial charge in [0.1, 0.15) is 0 Å². The van der Waals surface area contributed by atoms with E-state index in [1.807, 2.05) is 0 Å². The summed E-state index contributed by atoms with van der Waals surface area (Å²) in [5.41, 5.74) is 0.123. The molecule has 0 spiro atoms. The zero-order valence-electron chi connectivity index (χ0n) is 7.41. The van der Waals surface area contributed by atoms with E-state index in [-0.39, 0.29) is 5.41 Å². The van der Waals surface area contributed by atoms with Crippen molar-refractivity contribution in [3.05, 3.63) is 0 Å². The topological polar surface area (TPSA) is 27.7 Å². The van der Waals surface area contributed by atoms with Gasteiger partial charge in [-0.15, -0.1) is 0 Å². The highest BCUT2D eigenvalue weighted by Gasteiger charge is 2.53. The van der Waals surface area contributed by atoms with E-state index in [4.69, 9.17) is 14.0 Å². The summed E-state index contributed by atoms with van der Waals surface area (Å²) in [6, 6.07) is 0. The Morgan fingerprint density at radius 1 is 1.08 bits per heavy atom. The molecule has 4 rings (SSSR count). The van der Waals surface area contributed by atoms with Crippen LogP contribution in [-0.4, -0.2) is 26.6 Å². The largest absolute Gasteiger partial charge is 0.544 e. The smallest absolute Gasteiger partial charge is 0.382 e. The monoisotopic (exact) mass is 169 g/mol. The standard InChI is InChI=1S/C8H14BO3/c1-8-4-10-9(11-5-8,12-6-8)7-2-3-7/h7H,2-6H2,1H3/q-1. The van der Waals surface area contributed by atoms with Crippen LogP contribution < -0.4 is 0 Å². The van der Waals surface area contributed by atoms with E-state index in [0.29, 0.717) is 5.82 Å². The Hall–Kier alpha value is -0.0551. The quantitative estimate of drug-likeness (QED) is 0.551. The van der Waals surface area contributed by atoms with Crippen molar-refractivity contribution in [1.82, 2.24) is 0 Å². The molecule has 12 heavy (non-hydrogen) atoms. The van der Waals surface area contributed by atoms with E-state index < -0.39 is 6.75 Å². The predicted molar refractivity (Wildman–Crippen MR) is 44.7 cm³/mol. The average Bonchev–Trinajstić information content (AvgIpc) is 2.89. The molecule has 3 aliphatic heterocycles. The second-order valence-electron chi connectivity index (χ2n) is 4.78. The Labute approximate surface area is 72.4 Å². The Morgan fingerprint density at radius 2 is 1.58 bits per heavy atom. The minimum absolute atomic E-state index is 0.123. The Morgan fingerprint density at radius 3 is 2.00 bits per heavy atom. The molecule has 3 saturated heterocycles. The second-order valence-corrected chi connectivity index (χ2v) is 4.78. The molecule has 1 aliphatic carbocycles. The molecule has 0 amide bonds. The Bertz CT molecular complexity index is 190. The van der Waals surface area contributed by atoms with Crippen molar-refractivity contribution in [3.8, 4) is 0 Å². The van der Waals surface area contributed by atoms with E-state index in [0.717, 1.165) is 19.8 Å². The maximum absolute atomic E-state index is 5.71. The third kappa shape index (κ3) is 0.887. The summed E-state index contributed by atoms with van der Waals surface area (Å²) in [6.07, 6.45) is 2.44. The van der Waals surface area contributed by atoms with E-state index in [1.54, 1.807) is 0 Å². The van der Waals surface area contributed by atoms with Crippen molar-refractivity contribution in [2.24, 2.45) is 5.41 Å².